The topological polar surface area (TPSA) is 106 Å². The minimum Gasteiger partial charge on any atom is -0.493 e. The maximum Gasteiger partial charge on any atom is 0.268 e. The third-order valence-corrected chi connectivity index (χ3v) is 6.62. The number of aromatic nitrogens is 2. The molecule has 0 fully saturated rings. The molecule has 0 bridgehead atoms. The van der Waals surface area contributed by atoms with Crippen molar-refractivity contribution in [3.63, 3.8) is 0 Å². The molecule has 3 rings (SSSR count). The van der Waals surface area contributed by atoms with Crippen molar-refractivity contribution in [2.24, 2.45) is 0 Å². The summed E-state index contributed by atoms with van der Waals surface area (Å²) in [5.74, 6) is 1.43. The van der Waals surface area contributed by atoms with Crippen molar-refractivity contribution >= 4 is 28.5 Å². The number of nitrogens with zero attached hydrogens (tertiary/aromatic N) is 3. The van der Waals surface area contributed by atoms with Crippen LogP contribution in [0.15, 0.2) is 42.0 Å². The number of methoxy groups -OCH3 is 1. The zero-order valence-electron chi connectivity index (χ0n) is 22.0. The van der Waals surface area contributed by atoms with Gasteiger partial charge in [-0.1, -0.05) is 56.4 Å². The van der Waals surface area contributed by atoms with Gasteiger partial charge in [0.15, 0.2) is 11.5 Å². The van der Waals surface area contributed by atoms with Gasteiger partial charge in [-0.3, -0.25) is 10.1 Å². The summed E-state index contributed by atoms with van der Waals surface area (Å²) in [7, 11) is 1.54. The van der Waals surface area contributed by atoms with Crippen LogP contribution in [0.4, 0.5) is 5.13 Å². The number of nitrogens with one attached hydrogen (secondary N) is 1. The lowest BCUT2D eigenvalue weighted by Crippen LogP contribution is -2.13. The second-order valence-corrected chi connectivity index (χ2v) is 10.4. The molecule has 1 N–H and O–H groups in total. The zero-order chi connectivity index (χ0) is 27.0. The normalized spacial score (nSPS) is 11.5. The molecular weight excluding hydrogens is 488 g/mol. The molecule has 0 spiro atoms. The largest absolute Gasteiger partial charge is 0.493 e. The monoisotopic (exact) mass is 520 g/mol. The third-order valence-electron chi connectivity index (χ3n) is 5.35. The van der Waals surface area contributed by atoms with Gasteiger partial charge >= 0.3 is 0 Å². The maximum atomic E-state index is 12.6. The number of rotatable bonds is 10. The number of ether oxygens (including phenoxy) is 3. The van der Waals surface area contributed by atoms with E-state index in [4.69, 9.17) is 14.2 Å². The van der Waals surface area contributed by atoms with E-state index in [0.717, 1.165) is 21.9 Å². The highest BCUT2D eigenvalue weighted by Gasteiger charge is 2.21. The molecule has 0 unspecified atom stereocenters. The van der Waals surface area contributed by atoms with Gasteiger partial charge in [-0.05, 0) is 48.7 Å². The van der Waals surface area contributed by atoms with E-state index in [9.17, 15) is 10.1 Å². The van der Waals surface area contributed by atoms with Crippen LogP contribution >= 0.6 is 11.3 Å². The molecule has 0 saturated heterocycles. The lowest BCUT2D eigenvalue weighted by molar-refractivity contribution is -0.112. The highest BCUT2D eigenvalue weighted by Crippen LogP contribution is 2.30. The summed E-state index contributed by atoms with van der Waals surface area (Å²) in [5, 5.41) is 21.5. The first-order chi connectivity index (χ1) is 17.6. The van der Waals surface area contributed by atoms with Crippen LogP contribution in [0.25, 0.3) is 6.08 Å². The van der Waals surface area contributed by atoms with E-state index in [1.165, 1.54) is 17.4 Å². The van der Waals surface area contributed by atoms with Gasteiger partial charge in [-0.25, -0.2) is 0 Å². The first-order valence-electron chi connectivity index (χ1n) is 11.9. The van der Waals surface area contributed by atoms with Crippen molar-refractivity contribution in [3.05, 3.63) is 63.7 Å². The number of benzene rings is 2. The Morgan fingerprint density at radius 3 is 2.41 bits per heavy atom. The summed E-state index contributed by atoms with van der Waals surface area (Å²) < 4.78 is 17.3. The predicted molar refractivity (Wildman–Crippen MR) is 145 cm³/mol. The van der Waals surface area contributed by atoms with Crippen molar-refractivity contribution in [2.75, 3.05) is 25.6 Å². The Hall–Kier alpha value is -3.90. The van der Waals surface area contributed by atoms with E-state index in [0.29, 0.717) is 41.8 Å². The van der Waals surface area contributed by atoms with Crippen molar-refractivity contribution in [2.45, 2.75) is 46.5 Å². The smallest absolute Gasteiger partial charge is 0.268 e. The van der Waals surface area contributed by atoms with Crippen molar-refractivity contribution < 1.29 is 19.0 Å². The minimum absolute atomic E-state index is 0.0631. The number of hydrogen-bond acceptors (Lipinski definition) is 8. The van der Waals surface area contributed by atoms with Gasteiger partial charge in [0, 0.05) is 11.8 Å². The summed E-state index contributed by atoms with van der Waals surface area (Å²) >= 11 is 1.29. The Morgan fingerprint density at radius 1 is 1.08 bits per heavy atom. The van der Waals surface area contributed by atoms with Crippen LogP contribution in [0.2, 0.25) is 0 Å². The fraction of sp³-hybridized carbons (Fsp3) is 0.357. The molecule has 9 heteroatoms. The molecule has 0 aliphatic rings. The van der Waals surface area contributed by atoms with E-state index in [1.54, 1.807) is 25.3 Å². The molecule has 3 aromatic rings. The summed E-state index contributed by atoms with van der Waals surface area (Å²) in [5.41, 5.74) is 2.60. The van der Waals surface area contributed by atoms with E-state index in [1.807, 2.05) is 58.9 Å². The molecule has 194 valence electrons. The third kappa shape index (κ3) is 7.54. The number of carbonyl (C=O) groups excluding carboxylic acids is 1. The fourth-order valence-electron chi connectivity index (χ4n) is 3.39. The SMILES string of the molecule is COc1cc(C=C(C#N)C(=O)Nc2nnc(C(C)(C)C)s2)ccc1OCCCOc1c(C)cccc1C. The number of carbonyl (C=O) groups is 1. The molecule has 0 radical (unpaired) electrons. The van der Waals surface area contributed by atoms with Crippen LogP contribution in [-0.2, 0) is 10.2 Å². The first-order valence-corrected chi connectivity index (χ1v) is 12.7. The van der Waals surface area contributed by atoms with E-state index in [2.05, 4.69) is 15.5 Å². The number of hydrogen-bond donors (Lipinski definition) is 1. The molecule has 1 heterocycles. The minimum atomic E-state index is -0.553. The van der Waals surface area contributed by atoms with Crippen LogP contribution in [0.3, 0.4) is 0 Å². The van der Waals surface area contributed by atoms with Crippen LogP contribution in [0, 0.1) is 25.2 Å². The molecule has 1 aromatic heterocycles. The molecule has 0 aliphatic carbocycles. The predicted octanol–water partition coefficient (Wildman–Crippen LogP) is 5.85. The molecule has 0 atom stereocenters. The van der Waals surface area contributed by atoms with Crippen LogP contribution < -0.4 is 19.5 Å². The molecule has 37 heavy (non-hydrogen) atoms. The Balaban J connectivity index is 1.60. The van der Waals surface area contributed by atoms with Gasteiger partial charge in [0.25, 0.3) is 5.91 Å². The van der Waals surface area contributed by atoms with Gasteiger partial charge in [-0.15, -0.1) is 10.2 Å². The van der Waals surface area contributed by atoms with Crippen LogP contribution in [0.1, 0.15) is 48.9 Å². The molecular formula is C28H32N4O4S. The molecule has 0 aliphatic heterocycles. The Labute approximate surface area is 221 Å². The average Bonchev–Trinajstić information content (AvgIpc) is 3.33. The summed E-state index contributed by atoms with van der Waals surface area (Å²) in [6.07, 6.45) is 2.19. The zero-order valence-corrected chi connectivity index (χ0v) is 22.9. The Kier molecular flexibility index (Phi) is 9.25. The molecule has 2 aromatic carbocycles. The van der Waals surface area contributed by atoms with Gasteiger partial charge in [0.05, 0.1) is 20.3 Å². The summed E-state index contributed by atoms with van der Waals surface area (Å²) in [6, 6.07) is 13.3. The lowest BCUT2D eigenvalue weighted by Gasteiger charge is -2.13. The van der Waals surface area contributed by atoms with E-state index in [-0.39, 0.29) is 11.0 Å². The molecule has 0 saturated carbocycles. The second-order valence-electron chi connectivity index (χ2n) is 9.47. The Bertz CT molecular complexity index is 1300. The average molecular weight is 521 g/mol. The van der Waals surface area contributed by atoms with Gasteiger partial charge in [0.1, 0.15) is 22.4 Å². The number of nitriles is 1. The number of aryl methyl sites for hydroxylation is 2. The standard InChI is InChI=1S/C28H32N4O4S/c1-18-9-7-10-19(2)24(18)36-14-8-13-35-22-12-11-20(16-23(22)34-6)15-21(17-29)25(33)30-27-32-31-26(37-27)28(3,4)5/h7,9-12,15-16H,8,13-14H2,1-6H3,(H,30,32,33). The van der Waals surface area contributed by atoms with Gasteiger partial charge in [-0.2, -0.15) is 5.26 Å². The van der Waals surface area contributed by atoms with Crippen molar-refractivity contribution in [1.29, 1.82) is 5.26 Å². The molecule has 8 nitrogen and oxygen atoms in total. The number of anilines is 1. The van der Waals surface area contributed by atoms with Crippen molar-refractivity contribution in [1.82, 2.24) is 10.2 Å². The highest BCUT2D eigenvalue weighted by molar-refractivity contribution is 7.15. The van der Waals surface area contributed by atoms with Gasteiger partial charge in [0.2, 0.25) is 5.13 Å². The Morgan fingerprint density at radius 2 is 1.78 bits per heavy atom. The van der Waals surface area contributed by atoms with Crippen molar-refractivity contribution in [3.8, 4) is 23.3 Å². The quantitative estimate of drug-likeness (QED) is 0.203. The number of amides is 1. The van der Waals surface area contributed by atoms with Crippen LogP contribution in [-0.4, -0.2) is 36.4 Å². The maximum absolute atomic E-state index is 12.6. The van der Waals surface area contributed by atoms with E-state index < -0.39 is 5.91 Å². The van der Waals surface area contributed by atoms with E-state index >= 15 is 0 Å². The first kappa shape index (κ1) is 27.7. The molecule has 1 amide bonds. The highest BCUT2D eigenvalue weighted by atomic mass is 32.1. The van der Waals surface area contributed by atoms with Gasteiger partial charge < -0.3 is 14.2 Å². The second kappa shape index (κ2) is 12.4. The van der Waals surface area contributed by atoms with Crippen LogP contribution in [0.5, 0.6) is 17.2 Å². The summed E-state index contributed by atoms with van der Waals surface area (Å²) in [4.78, 5) is 12.6. The fourth-order valence-corrected chi connectivity index (χ4v) is 4.19. The number of para-hydroxylation sites is 1. The lowest BCUT2D eigenvalue weighted by atomic mass is 9.98. The summed E-state index contributed by atoms with van der Waals surface area (Å²) in [6.45, 7) is 11.1.